The van der Waals surface area contributed by atoms with Gasteiger partial charge < -0.3 is 4.74 Å². The second-order valence-electron chi connectivity index (χ2n) is 4.79. The van der Waals surface area contributed by atoms with Crippen LogP contribution in [0.3, 0.4) is 0 Å². The fourth-order valence-electron chi connectivity index (χ4n) is 2.22. The Bertz CT molecular complexity index is 610. The molecule has 2 aromatic rings. The Labute approximate surface area is 134 Å². The van der Waals surface area contributed by atoms with E-state index in [1.54, 1.807) is 0 Å². The third kappa shape index (κ3) is 3.18. The van der Waals surface area contributed by atoms with Crippen LogP contribution < -0.4 is 4.74 Å². The molecule has 0 aliphatic heterocycles. The van der Waals surface area contributed by atoms with Crippen LogP contribution in [0.15, 0.2) is 40.9 Å². The van der Waals surface area contributed by atoms with Gasteiger partial charge in [-0.2, -0.15) is 0 Å². The minimum atomic E-state index is -0.214. The maximum absolute atomic E-state index is 6.72. The minimum Gasteiger partial charge on any atom is -0.494 e. The second kappa shape index (κ2) is 6.64. The SMILES string of the molecule is CCOc1ccc(C)cc1C(Cl)c1cccc(Br)c1C. The molecule has 0 fully saturated rings. The number of rotatable bonds is 4. The molecule has 0 aliphatic rings. The molecule has 0 saturated heterocycles. The molecule has 0 N–H and O–H groups in total. The van der Waals surface area contributed by atoms with Crippen LogP contribution in [-0.4, -0.2) is 6.61 Å². The van der Waals surface area contributed by atoms with Crippen molar-refractivity contribution >= 4 is 27.5 Å². The molecule has 2 rings (SSSR count). The van der Waals surface area contributed by atoms with Gasteiger partial charge in [0.15, 0.2) is 0 Å². The summed E-state index contributed by atoms with van der Waals surface area (Å²) in [5.41, 5.74) is 4.47. The van der Waals surface area contributed by atoms with E-state index in [1.807, 2.05) is 31.2 Å². The quantitative estimate of drug-likeness (QED) is 0.632. The molecule has 2 aromatic carbocycles. The predicted octanol–water partition coefficient (Wildman–Crippen LogP) is 5.79. The number of benzene rings is 2. The molecule has 0 radical (unpaired) electrons. The van der Waals surface area contributed by atoms with E-state index in [-0.39, 0.29) is 5.38 Å². The zero-order chi connectivity index (χ0) is 14.7. The largest absolute Gasteiger partial charge is 0.494 e. The van der Waals surface area contributed by atoms with E-state index >= 15 is 0 Å². The molecule has 0 aliphatic carbocycles. The fraction of sp³-hybridized carbons (Fsp3) is 0.294. The molecule has 1 atom stereocenters. The molecule has 1 nitrogen and oxygen atoms in total. The first kappa shape index (κ1) is 15.4. The average molecular weight is 354 g/mol. The monoisotopic (exact) mass is 352 g/mol. The first-order valence-electron chi connectivity index (χ1n) is 6.67. The maximum Gasteiger partial charge on any atom is 0.124 e. The van der Waals surface area contributed by atoms with Crippen LogP contribution in [0.1, 0.15) is 34.6 Å². The van der Waals surface area contributed by atoms with Crippen molar-refractivity contribution < 1.29 is 4.74 Å². The van der Waals surface area contributed by atoms with Gasteiger partial charge in [0.1, 0.15) is 5.75 Å². The number of halogens is 2. The molecule has 0 bridgehead atoms. The van der Waals surface area contributed by atoms with Gasteiger partial charge in [0.2, 0.25) is 0 Å². The summed E-state index contributed by atoms with van der Waals surface area (Å²) in [5.74, 6) is 0.859. The van der Waals surface area contributed by atoms with Crippen LogP contribution in [-0.2, 0) is 0 Å². The van der Waals surface area contributed by atoms with E-state index in [4.69, 9.17) is 16.3 Å². The lowest BCUT2D eigenvalue weighted by Gasteiger charge is -2.18. The summed E-state index contributed by atoms with van der Waals surface area (Å²) < 4.78 is 6.78. The Hall–Kier alpha value is -0.990. The third-order valence-corrected chi connectivity index (χ3v) is 4.65. The van der Waals surface area contributed by atoms with Gasteiger partial charge in [-0.15, -0.1) is 11.6 Å². The Kier molecular flexibility index (Phi) is 5.11. The minimum absolute atomic E-state index is 0.214. The molecular weight excluding hydrogens is 336 g/mol. The highest BCUT2D eigenvalue weighted by Crippen LogP contribution is 2.38. The van der Waals surface area contributed by atoms with Gasteiger partial charge in [-0.3, -0.25) is 0 Å². The van der Waals surface area contributed by atoms with Crippen LogP contribution in [0, 0.1) is 13.8 Å². The lowest BCUT2D eigenvalue weighted by Crippen LogP contribution is -2.02. The van der Waals surface area contributed by atoms with Crippen LogP contribution in [0.25, 0.3) is 0 Å². The number of hydrogen-bond donors (Lipinski definition) is 0. The van der Waals surface area contributed by atoms with Crippen molar-refractivity contribution in [3.05, 3.63) is 63.1 Å². The van der Waals surface area contributed by atoms with Gasteiger partial charge in [0.25, 0.3) is 0 Å². The molecule has 0 aromatic heterocycles. The maximum atomic E-state index is 6.72. The van der Waals surface area contributed by atoms with Crippen LogP contribution in [0.5, 0.6) is 5.75 Å². The summed E-state index contributed by atoms with van der Waals surface area (Å²) in [6.07, 6.45) is 0. The second-order valence-corrected chi connectivity index (χ2v) is 6.08. The topological polar surface area (TPSA) is 9.23 Å². The molecular formula is C17H18BrClO. The zero-order valence-corrected chi connectivity index (χ0v) is 14.3. The van der Waals surface area contributed by atoms with E-state index in [9.17, 15) is 0 Å². The molecule has 20 heavy (non-hydrogen) atoms. The van der Waals surface area contributed by atoms with E-state index in [2.05, 4.69) is 41.9 Å². The predicted molar refractivity (Wildman–Crippen MR) is 88.9 cm³/mol. The Balaban J connectivity index is 2.49. The lowest BCUT2D eigenvalue weighted by molar-refractivity contribution is 0.337. The molecule has 0 amide bonds. The summed E-state index contributed by atoms with van der Waals surface area (Å²) in [6, 6.07) is 12.3. The summed E-state index contributed by atoms with van der Waals surface area (Å²) in [7, 11) is 0. The molecule has 3 heteroatoms. The summed E-state index contributed by atoms with van der Waals surface area (Å²) in [6.45, 7) is 6.76. The Morgan fingerprint density at radius 2 is 1.90 bits per heavy atom. The van der Waals surface area contributed by atoms with E-state index < -0.39 is 0 Å². The van der Waals surface area contributed by atoms with Gasteiger partial charge >= 0.3 is 0 Å². The van der Waals surface area contributed by atoms with Crippen molar-refractivity contribution in [2.24, 2.45) is 0 Å². The van der Waals surface area contributed by atoms with Crippen molar-refractivity contribution in [2.45, 2.75) is 26.1 Å². The van der Waals surface area contributed by atoms with E-state index in [1.165, 1.54) is 5.56 Å². The number of hydrogen-bond acceptors (Lipinski definition) is 1. The third-order valence-electron chi connectivity index (χ3n) is 3.32. The molecule has 0 saturated carbocycles. The molecule has 106 valence electrons. The van der Waals surface area contributed by atoms with E-state index in [0.29, 0.717) is 6.61 Å². The van der Waals surface area contributed by atoms with Crippen molar-refractivity contribution in [3.63, 3.8) is 0 Å². The van der Waals surface area contributed by atoms with Crippen LogP contribution >= 0.6 is 27.5 Å². The molecule has 0 heterocycles. The highest BCUT2D eigenvalue weighted by Gasteiger charge is 2.18. The first-order valence-corrected chi connectivity index (χ1v) is 7.90. The Morgan fingerprint density at radius 1 is 1.15 bits per heavy atom. The summed E-state index contributed by atoms with van der Waals surface area (Å²) >= 11 is 10.3. The molecule has 0 spiro atoms. The normalized spacial score (nSPS) is 12.2. The van der Waals surface area contributed by atoms with Crippen LogP contribution in [0.4, 0.5) is 0 Å². The van der Waals surface area contributed by atoms with Crippen molar-refractivity contribution in [1.82, 2.24) is 0 Å². The van der Waals surface area contributed by atoms with Crippen molar-refractivity contribution in [3.8, 4) is 5.75 Å². The Morgan fingerprint density at radius 3 is 2.60 bits per heavy atom. The molecule has 1 unspecified atom stereocenters. The van der Waals surface area contributed by atoms with Gasteiger partial charge in [0.05, 0.1) is 12.0 Å². The standard InChI is InChI=1S/C17H18BrClO/c1-4-20-16-9-8-11(2)10-14(16)17(19)13-6-5-7-15(18)12(13)3/h5-10,17H,4H2,1-3H3. The summed E-state index contributed by atoms with van der Waals surface area (Å²) in [5, 5.41) is -0.214. The smallest absolute Gasteiger partial charge is 0.124 e. The fourth-order valence-corrected chi connectivity index (χ4v) is 3.01. The van der Waals surface area contributed by atoms with Crippen molar-refractivity contribution in [1.29, 1.82) is 0 Å². The van der Waals surface area contributed by atoms with Gasteiger partial charge in [0, 0.05) is 10.0 Å². The van der Waals surface area contributed by atoms with Gasteiger partial charge in [-0.05, 0) is 44.0 Å². The van der Waals surface area contributed by atoms with Crippen molar-refractivity contribution in [2.75, 3.05) is 6.61 Å². The zero-order valence-electron chi connectivity index (χ0n) is 11.9. The first-order chi connectivity index (χ1) is 9.54. The average Bonchev–Trinajstić information content (AvgIpc) is 2.43. The highest BCUT2D eigenvalue weighted by molar-refractivity contribution is 9.10. The highest BCUT2D eigenvalue weighted by atomic mass is 79.9. The number of alkyl halides is 1. The van der Waals surface area contributed by atoms with Crippen LogP contribution in [0.2, 0.25) is 0 Å². The lowest BCUT2D eigenvalue weighted by atomic mass is 9.98. The van der Waals surface area contributed by atoms with Gasteiger partial charge in [-0.25, -0.2) is 0 Å². The number of aryl methyl sites for hydroxylation is 1. The number of ether oxygens (including phenoxy) is 1. The summed E-state index contributed by atoms with van der Waals surface area (Å²) in [4.78, 5) is 0. The van der Waals surface area contributed by atoms with E-state index in [0.717, 1.165) is 26.9 Å². The van der Waals surface area contributed by atoms with Gasteiger partial charge in [-0.1, -0.05) is 45.8 Å².